The number of halogens is 1. The first-order valence-electron chi connectivity index (χ1n) is 3.99. The first kappa shape index (κ1) is 10.5. The summed E-state index contributed by atoms with van der Waals surface area (Å²) in [6.45, 7) is 4.31. The van der Waals surface area contributed by atoms with E-state index in [1.54, 1.807) is 11.6 Å². The van der Waals surface area contributed by atoms with Gasteiger partial charge in [-0.3, -0.25) is 9.48 Å². The van der Waals surface area contributed by atoms with E-state index in [1.165, 1.54) is 0 Å². The number of rotatable bonds is 3. The van der Waals surface area contributed by atoms with Crippen LogP contribution in [0.25, 0.3) is 0 Å². The summed E-state index contributed by atoms with van der Waals surface area (Å²) in [5.41, 5.74) is 0.970. The zero-order chi connectivity index (χ0) is 9.84. The molecule has 1 heterocycles. The van der Waals surface area contributed by atoms with Gasteiger partial charge in [-0.2, -0.15) is 5.10 Å². The maximum atomic E-state index is 11.1. The van der Waals surface area contributed by atoms with Gasteiger partial charge in [-0.1, -0.05) is 0 Å². The molecule has 0 fully saturated rings. The predicted molar refractivity (Wildman–Crippen MR) is 56.3 cm³/mol. The third-order valence-electron chi connectivity index (χ3n) is 1.54. The summed E-state index contributed by atoms with van der Waals surface area (Å²) in [7, 11) is 0. The van der Waals surface area contributed by atoms with Crippen LogP contribution in [0.4, 0.5) is 0 Å². The molecule has 0 aliphatic carbocycles. The van der Waals surface area contributed by atoms with Crippen molar-refractivity contribution < 1.29 is 9.53 Å². The molecule has 5 heteroatoms. The van der Waals surface area contributed by atoms with Crippen molar-refractivity contribution in [3.8, 4) is 0 Å². The number of hydrogen-bond donors (Lipinski definition) is 0. The SMILES string of the molecule is CCOC(=O)Cn1nc(I)cc1C. The number of carbonyl (C=O) groups excluding carboxylic acids is 1. The highest BCUT2D eigenvalue weighted by Crippen LogP contribution is 2.05. The van der Waals surface area contributed by atoms with Crippen LogP contribution in [-0.4, -0.2) is 22.4 Å². The molecular formula is C8H11IN2O2. The highest BCUT2D eigenvalue weighted by molar-refractivity contribution is 14.1. The smallest absolute Gasteiger partial charge is 0.327 e. The number of esters is 1. The second-order valence-electron chi connectivity index (χ2n) is 2.57. The van der Waals surface area contributed by atoms with Gasteiger partial charge in [0.2, 0.25) is 0 Å². The number of ether oxygens (including phenoxy) is 1. The van der Waals surface area contributed by atoms with Crippen LogP contribution >= 0.6 is 22.6 Å². The van der Waals surface area contributed by atoms with Crippen molar-refractivity contribution in [2.45, 2.75) is 20.4 Å². The van der Waals surface area contributed by atoms with Gasteiger partial charge >= 0.3 is 5.97 Å². The van der Waals surface area contributed by atoms with Gasteiger partial charge in [-0.05, 0) is 42.5 Å². The molecule has 1 aromatic rings. The molecule has 1 rings (SSSR count). The van der Waals surface area contributed by atoms with Crippen LogP contribution in [0.2, 0.25) is 0 Å². The molecule has 0 aromatic carbocycles. The van der Waals surface area contributed by atoms with E-state index in [0.717, 1.165) is 9.39 Å². The first-order valence-corrected chi connectivity index (χ1v) is 5.07. The Bertz CT molecular complexity index is 309. The molecule has 4 nitrogen and oxygen atoms in total. The molecule has 72 valence electrons. The Labute approximate surface area is 90.4 Å². The maximum Gasteiger partial charge on any atom is 0.327 e. The highest BCUT2D eigenvalue weighted by atomic mass is 127. The van der Waals surface area contributed by atoms with E-state index in [2.05, 4.69) is 27.7 Å². The molecule has 13 heavy (non-hydrogen) atoms. The molecule has 0 saturated carbocycles. The van der Waals surface area contributed by atoms with Crippen LogP contribution in [0.3, 0.4) is 0 Å². The van der Waals surface area contributed by atoms with E-state index in [1.807, 2.05) is 13.0 Å². The van der Waals surface area contributed by atoms with Gasteiger partial charge in [0.05, 0.1) is 6.61 Å². The molecule has 0 unspecified atom stereocenters. The maximum absolute atomic E-state index is 11.1. The average Bonchev–Trinajstić information content (AvgIpc) is 2.30. The quantitative estimate of drug-likeness (QED) is 0.624. The van der Waals surface area contributed by atoms with E-state index in [9.17, 15) is 4.79 Å². The van der Waals surface area contributed by atoms with Gasteiger partial charge in [0.15, 0.2) is 0 Å². The topological polar surface area (TPSA) is 44.1 Å². The van der Waals surface area contributed by atoms with Crippen molar-refractivity contribution in [3.05, 3.63) is 15.5 Å². The lowest BCUT2D eigenvalue weighted by Crippen LogP contribution is -2.15. The van der Waals surface area contributed by atoms with Gasteiger partial charge in [-0.25, -0.2) is 0 Å². The zero-order valence-corrected chi connectivity index (χ0v) is 9.74. The number of aryl methyl sites for hydroxylation is 1. The summed E-state index contributed by atoms with van der Waals surface area (Å²) in [5, 5.41) is 4.13. The fourth-order valence-electron chi connectivity index (χ4n) is 0.959. The van der Waals surface area contributed by atoms with Crippen LogP contribution in [0.5, 0.6) is 0 Å². The molecular weight excluding hydrogens is 283 g/mol. The average molecular weight is 294 g/mol. The Hall–Kier alpha value is -0.590. The van der Waals surface area contributed by atoms with E-state index >= 15 is 0 Å². The lowest BCUT2D eigenvalue weighted by Gasteiger charge is -2.03. The first-order chi connectivity index (χ1) is 6.13. The number of carbonyl (C=O) groups is 1. The lowest BCUT2D eigenvalue weighted by atomic mass is 10.5. The van der Waals surface area contributed by atoms with Gasteiger partial charge < -0.3 is 4.74 Å². The number of hydrogen-bond acceptors (Lipinski definition) is 3. The summed E-state index contributed by atoms with van der Waals surface area (Å²) < 4.78 is 7.33. The third kappa shape index (κ3) is 2.98. The van der Waals surface area contributed by atoms with Gasteiger partial charge in [0.1, 0.15) is 10.2 Å². The van der Waals surface area contributed by atoms with Crippen LogP contribution in [-0.2, 0) is 16.1 Å². The Morgan fingerprint density at radius 3 is 2.92 bits per heavy atom. The van der Waals surface area contributed by atoms with Crippen LogP contribution in [0.15, 0.2) is 6.07 Å². The molecule has 0 radical (unpaired) electrons. The molecule has 0 aliphatic rings. The summed E-state index contributed by atoms with van der Waals surface area (Å²) in [6.07, 6.45) is 0. The molecule has 0 N–H and O–H groups in total. The van der Waals surface area contributed by atoms with Crippen LogP contribution in [0, 0.1) is 10.6 Å². The number of nitrogens with zero attached hydrogens (tertiary/aromatic N) is 2. The monoisotopic (exact) mass is 294 g/mol. The Morgan fingerprint density at radius 2 is 2.46 bits per heavy atom. The molecule has 0 spiro atoms. The van der Waals surface area contributed by atoms with Crippen molar-refractivity contribution in [2.75, 3.05) is 6.61 Å². The van der Waals surface area contributed by atoms with Crippen molar-refractivity contribution >= 4 is 28.6 Å². The zero-order valence-electron chi connectivity index (χ0n) is 7.58. The standard InChI is InChI=1S/C8H11IN2O2/c1-3-13-8(12)5-11-6(2)4-7(9)10-11/h4H,3,5H2,1-2H3. The fourth-order valence-corrected chi connectivity index (χ4v) is 1.67. The lowest BCUT2D eigenvalue weighted by molar-refractivity contribution is -0.144. The van der Waals surface area contributed by atoms with E-state index in [0.29, 0.717) is 6.61 Å². The molecule has 0 aliphatic heterocycles. The Morgan fingerprint density at radius 1 is 1.77 bits per heavy atom. The second kappa shape index (κ2) is 4.59. The molecule has 0 bridgehead atoms. The van der Waals surface area contributed by atoms with Crippen molar-refractivity contribution in [1.82, 2.24) is 9.78 Å². The minimum absolute atomic E-state index is 0.197. The minimum Gasteiger partial charge on any atom is -0.465 e. The summed E-state index contributed by atoms with van der Waals surface area (Å²) in [6, 6.07) is 1.92. The fraction of sp³-hybridized carbons (Fsp3) is 0.500. The minimum atomic E-state index is -0.245. The summed E-state index contributed by atoms with van der Waals surface area (Å²) in [4.78, 5) is 11.1. The van der Waals surface area contributed by atoms with Crippen LogP contribution in [0.1, 0.15) is 12.6 Å². The molecule has 0 saturated heterocycles. The van der Waals surface area contributed by atoms with Gasteiger partial charge in [-0.15, -0.1) is 0 Å². The third-order valence-corrected chi connectivity index (χ3v) is 2.06. The van der Waals surface area contributed by atoms with Gasteiger partial charge in [0.25, 0.3) is 0 Å². The highest BCUT2D eigenvalue weighted by Gasteiger charge is 2.07. The predicted octanol–water partition coefficient (Wildman–Crippen LogP) is 1.36. The Kier molecular flexibility index (Phi) is 3.71. The summed E-state index contributed by atoms with van der Waals surface area (Å²) in [5.74, 6) is -0.245. The Balaban J connectivity index is 2.63. The molecule has 0 amide bonds. The van der Waals surface area contributed by atoms with Crippen molar-refractivity contribution in [1.29, 1.82) is 0 Å². The second-order valence-corrected chi connectivity index (χ2v) is 3.68. The number of aromatic nitrogens is 2. The van der Waals surface area contributed by atoms with E-state index in [-0.39, 0.29) is 12.5 Å². The van der Waals surface area contributed by atoms with Gasteiger partial charge in [0, 0.05) is 5.69 Å². The molecule has 1 aromatic heterocycles. The van der Waals surface area contributed by atoms with Crippen molar-refractivity contribution in [3.63, 3.8) is 0 Å². The molecule has 0 atom stereocenters. The summed E-state index contributed by atoms with van der Waals surface area (Å²) >= 11 is 2.11. The largest absolute Gasteiger partial charge is 0.465 e. The van der Waals surface area contributed by atoms with Crippen LogP contribution < -0.4 is 0 Å². The van der Waals surface area contributed by atoms with E-state index < -0.39 is 0 Å². The van der Waals surface area contributed by atoms with E-state index in [4.69, 9.17) is 4.74 Å². The van der Waals surface area contributed by atoms with Crippen molar-refractivity contribution in [2.24, 2.45) is 0 Å². The normalized spacial score (nSPS) is 10.1.